The lowest BCUT2D eigenvalue weighted by Gasteiger charge is -2.22. The van der Waals surface area contributed by atoms with Gasteiger partial charge in [0, 0.05) is 31.2 Å². The van der Waals surface area contributed by atoms with Gasteiger partial charge in [-0.05, 0) is 36.8 Å². The minimum Gasteiger partial charge on any atom is -0.493 e. The minimum atomic E-state index is 0.530. The number of benzene rings is 2. The minimum absolute atomic E-state index is 0.530. The van der Waals surface area contributed by atoms with Crippen LogP contribution in [0.1, 0.15) is 5.56 Å². The van der Waals surface area contributed by atoms with Crippen LogP contribution in [0.25, 0.3) is 0 Å². The topological polar surface area (TPSA) is 64.6 Å². The van der Waals surface area contributed by atoms with Gasteiger partial charge in [-0.25, -0.2) is 0 Å². The van der Waals surface area contributed by atoms with Gasteiger partial charge in [0.15, 0.2) is 17.5 Å². The van der Waals surface area contributed by atoms with E-state index < -0.39 is 0 Å². The van der Waals surface area contributed by atoms with Gasteiger partial charge in [0.1, 0.15) is 12.4 Å². The Labute approximate surface area is 183 Å². The van der Waals surface area contributed by atoms with Crippen molar-refractivity contribution in [3.05, 3.63) is 47.0 Å². The third-order valence-corrected chi connectivity index (χ3v) is 4.80. The Morgan fingerprint density at radius 2 is 1.70 bits per heavy atom. The Kier molecular flexibility index (Phi) is 9.41. The van der Waals surface area contributed by atoms with Crippen molar-refractivity contribution in [3.63, 3.8) is 0 Å². The predicted octanol–water partition coefficient (Wildman–Crippen LogP) is 3.49. The Balaban J connectivity index is 1.87. The summed E-state index contributed by atoms with van der Waals surface area (Å²) < 4.78 is 22.1. The molecule has 1 N–H and O–H groups in total. The van der Waals surface area contributed by atoms with Crippen molar-refractivity contribution in [1.29, 1.82) is 0 Å². The molecule has 164 valence electrons. The zero-order valence-corrected chi connectivity index (χ0v) is 19.0. The van der Waals surface area contributed by atoms with Crippen LogP contribution in [0.2, 0.25) is 5.02 Å². The number of hydrogen-bond donors (Lipinski definition) is 1. The standard InChI is InChI=1S/C22H30ClN3O4/c1-24-22(26(2)14-15-30-18-9-7-17(23)8-10-18)25-13-12-16-6-11-19(27-3)21(29-5)20(16)28-4/h6-11H,12-15H2,1-5H3,(H,24,25). The average molecular weight is 436 g/mol. The molecule has 0 aliphatic heterocycles. The summed E-state index contributed by atoms with van der Waals surface area (Å²) in [6.45, 7) is 1.89. The molecule has 0 saturated carbocycles. The van der Waals surface area contributed by atoms with Gasteiger partial charge in [0.25, 0.3) is 0 Å². The Morgan fingerprint density at radius 1 is 1.00 bits per heavy atom. The van der Waals surface area contributed by atoms with E-state index in [1.165, 1.54) is 0 Å². The Morgan fingerprint density at radius 3 is 2.30 bits per heavy atom. The van der Waals surface area contributed by atoms with Gasteiger partial charge in [0.2, 0.25) is 5.75 Å². The molecule has 0 aliphatic carbocycles. The van der Waals surface area contributed by atoms with Crippen LogP contribution in [-0.4, -0.2) is 66.0 Å². The SMILES string of the molecule is CN=C(NCCc1ccc(OC)c(OC)c1OC)N(C)CCOc1ccc(Cl)cc1. The molecular formula is C22H30ClN3O4. The zero-order chi connectivity index (χ0) is 21.9. The second-order valence-corrected chi connectivity index (χ2v) is 6.88. The third kappa shape index (κ3) is 6.35. The molecule has 0 bridgehead atoms. The van der Waals surface area contributed by atoms with E-state index in [9.17, 15) is 0 Å². The first kappa shape index (κ1) is 23.5. The van der Waals surface area contributed by atoms with Crippen LogP contribution in [0.15, 0.2) is 41.4 Å². The number of guanidine groups is 1. The summed E-state index contributed by atoms with van der Waals surface area (Å²) in [6, 6.07) is 11.2. The van der Waals surface area contributed by atoms with Crippen molar-refractivity contribution >= 4 is 17.6 Å². The van der Waals surface area contributed by atoms with Crippen LogP contribution < -0.4 is 24.3 Å². The summed E-state index contributed by atoms with van der Waals surface area (Å²) in [4.78, 5) is 6.36. The lowest BCUT2D eigenvalue weighted by Crippen LogP contribution is -2.41. The molecule has 0 aliphatic rings. The molecule has 0 heterocycles. The Bertz CT molecular complexity index is 828. The molecule has 2 rings (SSSR count). The second-order valence-electron chi connectivity index (χ2n) is 6.44. The van der Waals surface area contributed by atoms with Crippen molar-refractivity contribution in [2.45, 2.75) is 6.42 Å². The highest BCUT2D eigenvalue weighted by Gasteiger charge is 2.16. The lowest BCUT2D eigenvalue weighted by atomic mass is 10.1. The molecule has 0 atom stereocenters. The van der Waals surface area contributed by atoms with Gasteiger partial charge >= 0.3 is 0 Å². The normalized spacial score (nSPS) is 11.1. The van der Waals surface area contributed by atoms with E-state index in [1.54, 1.807) is 28.4 Å². The molecule has 0 fully saturated rings. The summed E-state index contributed by atoms with van der Waals surface area (Å²) in [6.07, 6.45) is 0.734. The van der Waals surface area contributed by atoms with Gasteiger partial charge in [0.05, 0.1) is 27.9 Å². The zero-order valence-electron chi connectivity index (χ0n) is 18.2. The van der Waals surface area contributed by atoms with E-state index >= 15 is 0 Å². The highest BCUT2D eigenvalue weighted by atomic mass is 35.5. The number of ether oxygens (including phenoxy) is 4. The molecule has 0 unspecified atom stereocenters. The number of aliphatic imine (C=N–C) groups is 1. The number of halogens is 1. The number of hydrogen-bond acceptors (Lipinski definition) is 5. The molecule has 2 aromatic rings. The fraction of sp³-hybridized carbons (Fsp3) is 0.409. The van der Waals surface area contributed by atoms with Crippen LogP contribution in [0.3, 0.4) is 0 Å². The summed E-state index contributed by atoms with van der Waals surface area (Å²) in [5, 5.41) is 4.06. The molecule has 7 nitrogen and oxygen atoms in total. The molecular weight excluding hydrogens is 406 g/mol. The van der Waals surface area contributed by atoms with Gasteiger partial charge in [-0.2, -0.15) is 0 Å². The molecule has 0 aromatic heterocycles. The molecule has 30 heavy (non-hydrogen) atoms. The molecule has 0 radical (unpaired) electrons. The van der Waals surface area contributed by atoms with E-state index in [1.807, 2.05) is 48.3 Å². The fourth-order valence-corrected chi connectivity index (χ4v) is 3.12. The van der Waals surface area contributed by atoms with Crippen LogP contribution in [0.4, 0.5) is 0 Å². The largest absolute Gasteiger partial charge is 0.493 e. The van der Waals surface area contributed by atoms with E-state index in [4.69, 9.17) is 30.5 Å². The monoisotopic (exact) mass is 435 g/mol. The maximum atomic E-state index is 5.89. The average Bonchev–Trinajstić information content (AvgIpc) is 2.77. The van der Waals surface area contributed by atoms with Crippen molar-refractivity contribution in [3.8, 4) is 23.0 Å². The number of methoxy groups -OCH3 is 3. The van der Waals surface area contributed by atoms with Crippen LogP contribution >= 0.6 is 11.6 Å². The summed E-state index contributed by atoms with van der Waals surface area (Å²) in [5.74, 6) is 3.49. The van der Waals surface area contributed by atoms with Crippen molar-refractivity contribution in [2.24, 2.45) is 4.99 Å². The van der Waals surface area contributed by atoms with E-state index in [2.05, 4.69) is 10.3 Å². The van der Waals surface area contributed by atoms with Crippen molar-refractivity contribution in [2.75, 3.05) is 55.1 Å². The highest BCUT2D eigenvalue weighted by molar-refractivity contribution is 6.30. The first-order valence-electron chi connectivity index (χ1n) is 9.62. The van der Waals surface area contributed by atoms with Crippen LogP contribution in [0.5, 0.6) is 23.0 Å². The van der Waals surface area contributed by atoms with E-state index in [-0.39, 0.29) is 0 Å². The maximum Gasteiger partial charge on any atom is 0.203 e. The van der Waals surface area contributed by atoms with Crippen molar-refractivity contribution in [1.82, 2.24) is 10.2 Å². The van der Waals surface area contributed by atoms with Crippen molar-refractivity contribution < 1.29 is 18.9 Å². The number of likely N-dealkylation sites (N-methyl/N-ethyl adjacent to an activating group) is 1. The van der Waals surface area contributed by atoms with Gasteiger partial charge in [-0.3, -0.25) is 4.99 Å². The molecule has 8 heteroatoms. The quantitative estimate of drug-likeness (QED) is 0.455. The molecule has 2 aromatic carbocycles. The van der Waals surface area contributed by atoms with E-state index in [0.717, 1.165) is 23.7 Å². The number of rotatable bonds is 10. The smallest absolute Gasteiger partial charge is 0.203 e. The van der Waals surface area contributed by atoms with E-state index in [0.29, 0.717) is 42.0 Å². The highest BCUT2D eigenvalue weighted by Crippen LogP contribution is 2.39. The molecule has 0 saturated heterocycles. The summed E-state index contributed by atoms with van der Waals surface area (Å²) >= 11 is 5.89. The summed E-state index contributed by atoms with van der Waals surface area (Å²) in [5.41, 5.74) is 1.02. The first-order valence-corrected chi connectivity index (χ1v) is 9.99. The Hall–Kier alpha value is -2.80. The van der Waals surface area contributed by atoms with Gasteiger partial charge < -0.3 is 29.2 Å². The van der Waals surface area contributed by atoms with Gasteiger partial charge in [-0.15, -0.1) is 0 Å². The number of nitrogens with zero attached hydrogens (tertiary/aromatic N) is 2. The van der Waals surface area contributed by atoms with Crippen LogP contribution in [-0.2, 0) is 6.42 Å². The second kappa shape index (κ2) is 12.0. The van der Waals surface area contributed by atoms with Gasteiger partial charge in [-0.1, -0.05) is 17.7 Å². The predicted molar refractivity (Wildman–Crippen MR) is 121 cm³/mol. The fourth-order valence-electron chi connectivity index (χ4n) is 2.99. The number of nitrogens with one attached hydrogen (secondary N) is 1. The summed E-state index contributed by atoms with van der Waals surface area (Å²) in [7, 11) is 8.56. The van der Waals surface area contributed by atoms with Crippen LogP contribution in [0, 0.1) is 0 Å². The lowest BCUT2D eigenvalue weighted by molar-refractivity contribution is 0.281. The molecule has 0 amide bonds. The third-order valence-electron chi connectivity index (χ3n) is 4.55. The molecule has 0 spiro atoms. The first-order chi connectivity index (χ1) is 14.5. The maximum absolute atomic E-state index is 5.89.